The maximum atomic E-state index is 14.5. The summed E-state index contributed by atoms with van der Waals surface area (Å²) in [5, 5.41) is 5.24. The van der Waals surface area contributed by atoms with Crippen LogP contribution >= 0.6 is 0 Å². The second-order valence-electron chi connectivity index (χ2n) is 15.4. The molecular weight excluding hydrogens is 780 g/mol. The Morgan fingerprint density at radius 2 is 1.51 bits per heavy atom. The first-order chi connectivity index (χ1) is 28.9. The number of carbonyl (C=O) groups excluding carboxylic acids is 5. The van der Waals surface area contributed by atoms with E-state index < -0.39 is 24.3 Å². The summed E-state index contributed by atoms with van der Waals surface area (Å²) in [4.78, 5) is 64.3. The lowest BCUT2D eigenvalue weighted by Crippen LogP contribution is -2.54. The second-order valence-corrected chi connectivity index (χ2v) is 15.4. The van der Waals surface area contributed by atoms with Gasteiger partial charge in [0.15, 0.2) is 0 Å². The van der Waals surface area contributed by atoms with Crippen LogP contribution in [-0.4, -0.2) is 118 Å². The molecule has 4 amide bonds. The number of nitrogens with one attached hydrogen (secondary N) is 2. The smallest absolute Gasteiger partial charge is 0.328 e. The van der Waals surface area contributed by atoms with Crippen LogP contribution in [0.5, 0.6) is 0 Å². The summed E-state index contributed by atoms with van der Waals surface area (Å²) in [7, 11) is 6.12. The van der Waals surface area contributed by atoms with E-state index in [-0.39, 0.29) is 85.5 Å². The molecule has 0 radical (unpaired) electrons. The van der Waals surface area contributed by atoms with E-state index in [1.165, 1.54) is 20.6 Å². The number of amides is 4. The van der Waals surface area contributed by atoms with Crippen LogP contribution < -0.4 is 10.6 Å². The van der Waals surface area contributed by atoms with Gasteiger partial charge in [0.25, 0.3) is 0 Å². The number of methoxy groups -OCH3 is 3. The third kappa shape index (κ3) is 25.2. The van der Waals surface area contributed by atoms with Crippen molar-refractivity contribution in [3.05, 3.63) is 36.5 Å². The lowest BCUT2D eigenvalue weighted by molar-refractivity contribution is -0.144. The van der Waals surface area contributed by atoms with Crippen LogP contribution in [0.15, 0.2) is 36.5 Å². The number of ether oxygens (including phenoxy) is 3. The molecule has 0 spiro atoms. The zero-order chi connectivity index (χ0) is 48.2. The van der Waals surface area contributed by atoms with E-state index >= 15 is 0 Å². The van der Waals surface area contributed by atoms with Gasteiger partial charge in [-0.15, -0.1) is 0 Å². The molecule has 1 fully saturated rings. The molecule has 2 N–H and O–H groups in total. The first kappa shape index (κ1) is 64.1. The Morgan fingerprint density at radius 1 is 0.934 bits per heavy atom. The Bertz CT molecular complexity index is 1240. The molecule has 0 saturated carbocycles. The molecule has 358 valence electrons. The molecule has 8 atom stereocenters. The zero-order valence-corrected chi connectivity index (χ0v) is 41.8. The number of rotatable bonds is 23. The van der Waals surface area contributed by atoms with E-state index in [0.717, 1.165) is 24.8 Å². The van der Waals surface area contributed by atoms with Crippen molar-refractivity contribution in [1.29, 1.82) is 0 Å². The van der Waals surface area contributed by atoms with Gasteiger partial charge in [0.2, 0.25) is 24.1 Å². The minimum Gasteiger partial charge on any atom is -0.467 e. The van der Waals surface area contributed by atoms with E-state index in [2.05, 4.69) is 35.8 Å². The Morgan fingerprint density at radius 3 is 1.92 bits per heavy atom. The van der Waals surface area contributed by atoms with Crippen molar-refractivity contribution in [2.75, 3.05) is 41.5 Å². The van der Waals surface area contributed by atoms with Crippen molar-refractivity contribution in [3.63, 3.8) is 0 Å². The molecule has 1 aliphatic heterocycles. The molecular formula is C48H91FN4O8. The van der Waals surface area contributed by atoms with Crippen LogP contribution in [0.3, 0.4) is 0 Å². The van der Waals surface area contributed by atoms with E-state index in [4.69, 9.17) is 9.47 Å². The van der Waals surface area contributed by atoms with Crippen LogP contribution in [0, 0.1) is 23.7 Å². The highest BCUT2D eigenvalue weighted by atomic mass is 19.1. The fourth-order valence-electron chi connectivity index (χ4n) is 7.05. The van der Waals surface area contributed by atoms with Gasteiger partial charge in [0, 0.05) is 40.0 Å². The number of hydrogen-bond donors (Lipinski definition) is 2. The number of likely N-dealkylation sites (tertiary alicyclic amines) is 1. The SMILES string of the molecule is C=C/C=C(\C=C/C)CC(NC=O)C(=O)OC.CC.CC.CCC.CCCC(C(=O)NCC(=O)N(C)C(C(C)CC)C(CC(=O)N1CC(F)CC1C(OC)C(C)C)OC)C(C)C. The molecule has 1 rings (SSSR count). The summed E-state index contributed by atoms with van der Waals surface area (Å²) in [6, 6.07) is -1.39. The topological polar surface area (TPSA) is 144 Å². The van der Waals surface area contributed by atoms with E-state index in [1.54, 1.807) is 36.1 Å². The van der Waals surface area contributed by atoms with Crippen LogP contribution in [0.2, 0.25) is 0 Å². The van der Waals surface area contributed by atoms with Crippen LogP contribution in [-0.2, 0) is 38.2 Å². The average Bonchev–Trinajstić information content (AvgIpc) is 3.63. The van der Waals surface area contributed by atoms with E-state index in [9.17, 15) is 28.4 Å². The van der Waals surface area contributed by atoms with Crippen molar-refractivity contribution >= 4 is 30.1 Å². The Hall–Kier alpha value is -3.58. The minimum atomic E-state index is -1.10. The molecule has 61 heavy (non-hydrogen) atoms. The zero-order valence-electron chi connectivity index (χ0n) is 41.8. The summed E-state index contributed by atoms with van der Waals surface area (Å²) in [6.07, 6.45) is 10.0. The number of hydrogen-bond acceptors (Lipinski definition) is 8. The van der Waals surface area contributed by atoms with Crippen LogP contribution in [0.25, 0.3) is 0 Å². The minimum absolute atomic E-state index is 0.0269. The molecule has 1 saturated heterocycles. The molecule has 0 aromatic rings. The van der Waals surface area contributed by atoms with Gasteiger partial charge in [-0.2, -0.15) is 0 Å². The van der Waals surface area contributed by atoms with Gasteiger partial charge in [-0.3, -0.25) is 19.2 Å². The molecule has 0 aromatic heterocycles. The Kier molecular flexibility index (Phi) is 41.2. The lowest BCUT2D eigenvalue weighted by atomic mass is 9.90. The van der Waals surface area contributed by atoms with Gasteiger partial charge in [-0.25, -0.2) is 9.18 Å². The maximum Gasteiger partial charge on any atom is 0.328 e. The summed E-state index contributed by atoms with van der Waals surface area (Å²) in [5.41, 5.74) is 0.891. The number of allylic oxidation sites excluding steroid dienone is 4. The molecule has 0 bridgehead atoms. The number of nitrogens with zero attached hydrogens (tertiary/aromatic N) is 2. The molecule has 0 aliphatic carbocycles. The van der Waals surface area contributed by atoms with Gasteiger partial charge in [0.05, 0.1) is 50.9 Å². The predicted octanol–water partition coefficient (Wildman–Crippen LogP) is 8.88. The van der Waals surface area contributed by atoms with Crippen molar-refractivity contribution < 1.29 is 42.6 Å². The van der Waals surface area contributed by atoms with E-state index in [1.807, 2.05) is 95.2 Å². The highest BCUT2D eigenvalue weighted by Gasteiger charge is 2.43. The summed E-state index contributed by atoms with van der Waals surface area (Å²) in [6.45, 7) is 31.8. The standard InChI is InChI=1S/C29H54FN3O5.C12H17NO3.C3H8.2C2H6/c1-11-13-22(18(3)4)29(36)31-16-26(35)32(8)27(20(7)12-2)24(37-9)15-25(34)33-17-21(30)14-23(33)28(38-10)19(5)6;1-4-6-10(7-5-2)8-11(13-9-14)12(15)16-3;1-3-2;2*1-2/h18-24,27-28H,11-17H2,1-10H3,(H,31,36);4-7,9,11H,1,8H2,2-3H3,(H,13,14);3H2,1-2H3;2*1-2H3/b;7-5-,10-6+;;;. The number of likely N-dealkylation sites (N-methyl/N-ethyl adjacent to an activating group) is 1. The summed E-state index contributed by atoms with van der Waals surface area (Å²) in [5.74, 6) is -0.804. The van der Waals surface area contributed by atoms with E-state index in [0.29, 0.717) is 12.8 Å². The maximum absolute atomic E-state index is 14.5. The van der Waals surface area contributed by atoms with Crippen LogP contribution in [0.1, 0.15) is 142 Å². The molecule has 8 unspecified atom stereocenters. The highest BCUT2D eigenvalue weighted by molar-refractivity contribution is 5.86. The van der Waals surface area contributed by atoms with Gasteiger partial charge in [0.1, 0.15) is 12.2 Å². The molecule has 1 aliphatic rings. The quantitative estimate of drug-likeness (QED) is 0.0589. The third-order valence-electron chi connectivity index (χ3n) is 10.1. The molecule has 13 heteroatoms. The predicted molar refractivity (Wildman–Crippen MR) is 250 cm³/mol. The monoisotopic (exact) mass is 871 g/mol. The third-order valence-corrected chi connectivity index (χ3v) is 10.1. The number of alkyl halides is 1. The molecule has 12 nitrogen and oxygen atoms in total. The number of halogens is 1. The van der Waals surface area contributed by atoms with Gasteiger partial charge >= 0.3 is 5.97 Å². The molecule has 0 aromatic carbocycles. The number of carbonyl (C=O) groups is 5. The van der Waals surface area contributed by atoms with Crippen LogP contribution in [0.4, 0.5) is 4.39 Å². The Labute approximate surface area is 372 Å². The normalized spacial score (nSPS) is 17.5. The number of esters is 1. The van der Waals surface area contributed by atoms with Gasteiger partial charge in [-0.1, -0.05) is 140 Å². The molecule has 1 heterocycles. The first-order valence-corrected chi connectivity index (χ1v) is 22.7. The highest BCUT2D eigenvalue weighted by Crippen LogP contribution is 2.30. The van der Waals surface area contributed by atoms with Gasteiger partial charge in [-0.05, 0) is 36.7 Å². The van der Waals surface area contributed by atoms with Crippen molar-refractivity contribution in [2.24, 2.45) is 23.7 Å². The van der Waals surface area contributed by atoms with Crippen molar-refractivity contribution in [3.8, 4) is 0 Å². The largest absolute Gasteiger partial charge is 0.467 e. The lowest BCUT2D eigenvalue weighted by Gasteiger charge is -2.39. The summed E-state index contributed by atoms with van der Waals surface area (Å²) >= 11 is 0. The average molecular weight is 871 g/mol. The second kappa shape index (κ2) is 39.3. The van der Waals surface area contributed by atoms with Crippen molar-refractivity contribution in [2.45, 2.75) is 178 Å². The fraction of sp³-hybridized carbons (Fsp3) is 0.771. The summed E-state index contributed by atoms with van der Waals surface area (Å²) < 4.78 is 30.5. The van der Waals surface area contributed by atoms with Gasteiger partial charge < -0.3 is 34.6 Å². The fourth-order valence-corrected chi connectivity index (χ4v) is 7.05. The van der Waals surface area contributed by atoms with Crippen molar-refractivity contribution in [1.82, 2.24) is 20.4 Å². The first-order valence-electron chi connectivity index (χ1n) is 22.7. The Balaban J connectivity index is -0.000000585.